The molecular weight excluding hydrogens is 564 g/mol. The monoisotopic (exact) mass is 599 g/mol. The van der Waals surface area contributed by atoms with Crippen LogP contribution in [0, 0.1) is 5.82 Å². The molecule has 224 valence electrons. The quantitative estimate of drug-likeness (QED) is 0.0834. The molecule has 2 aromatic carbocycles. The van der Waals surface area contributed by atoms with Crippen LogP contribution in [0.25, 0.3) is 28.0 Å². The van der Waals surface area contributed by atoms with Gasteiger partial charge in [-0.25, -0.2) is 13.6 Å². The standard InChI is InChI=1S/C30H36ClF2N7O2/c1-18(34)36-10-3-11-37-27(17-41)20-6-8-23(9-7-20)40-16-21-14-26(38-29(21)39-30(40)42)24-12-19(13-25(31)28(24)33)4-2-5-22(35)15-32/h6-9,12-14,16,22,27,37,41H,2-5,10-11,15,17,35H2,1H3,(H2,34,36)(H,38,39,42)/t22?,27-/m0/s1. The van der Waals surface area contributed by atoms with E-state index in [4.69, 9.17) is 23.1 Å². The number of rotatable bonds is 14. The van der Waals surface area contributed by atoms with E-state index in [1.54, 1.807) is 43.5 Å². The van der Waals surface area contributed by atoms with Gasteiger partial charge in [0.25, 0.3) is 0 Å². The third kappa shape index (κ3) is 7.80. The number of halogens is 3. The SMILES string of the molecule is CC(N)=NCCCN[C@@H](CO)c1ccc(-n2cc3cc(-c4cc(CCCC(N)CF)cc(Cl)c4F)[nH]c3nc2=O)cc1. The lowest BCUT2D eigenvalue weighted by atomic mass is 10.0. The molecule has 2 atom stereocenters. The summed E-state index contributed by atoms with van der Waals surface area (Å²) in [6, 6.07) is 11.4. The first-order valence-electron chi connectivity index (χ1n) is 13.8. The summed E-state index contributed by atoms with van der Waals surface area (Å²) in [5.41, 5.74) is 14.0. The Morgan fingerprint density at radius 1 is 1.24 bits per heavy atom. The highest BCUT2D eigenvalue weighted by Gasteiger charge is 2.16. The predicted molar refractivity (Wildman–Crippen MR) is 164 cm³/mol. The van der Waals surface area contributed by atoms with Gasteiger partial charge in [-0.3, -0.25) is 9.56 Å². The second-order valence-corrected chi connectivity index (χ2v) is 10.7. The number of nitrogens with zero attached hydrogens (tertiary/aromatic N) is 3. The molecule has 4 rings (SSSR count). The minimum absolute atomic E-state index is 0.0293. The number of fused-ring (bicyclic) bond motifs is 1. The van der Waals surface area contributed by atoms with E-state index in [1.807, 2.05) is 12.1 Å². The van der Waals surface area contributed by atoms with Gasteiger partial charge < -0.3 is 26.9 Å². The normalized spacial score (nSPS) is 13.5. The minimum atomic E-state index is -0.590. The first-order chi connectivity index (χ1) is 20.2. The van der Waals surface area contributed by atoms with Crippen molar-refractivity contribution in [1.82, 2.24) is 19.9 Å². The number of nitrogens with two attached hydrogens (primary N) is 2. The number of aliphatic hydroxyl groups excluding tert-OH is 1. The second kappa shape index (κ2) is 14.5. The Hall–Kier alpha value is -3.64. The maximum atomic E-state index is 15.1. The van der Waals surface area contributed by atoms with Crippen LogP contribution in [0.3, 0.4) is 0 Å². The second-order valence-electron chi connectivity index (χ2n) is 10.3. The van der Waals surface area contributed by atoms with Crippen molar-refractivity contribution in [3.05, 3.63) is 81.1 Å². The molecular formula is C30H36ClF2N7O2. The summed E-state index contributed by atoms with van der Waals surface area (Å²) in [7, 11) is 0. The number of amidine groups is 1. The van der Waals surface area contributed by atoms with E-state index in [2.05, 4.69) is 20.3 Å². The fourth-order valence-corrected chi connectivity index (χ4v) is 4.96. The van der Waals surface area contributed by atoms with Gasteiger partial charge in [0.1, 0.15) is 12.3 Å². The molecule has 2 aromatic heterocycles. The van der Waals surface area contributed by atoms with Crippen LogP contribution in [-0.4, -0.2) is 57.9 Å². The fourth-order valence-electron chi connectivity index (χ4n) is 4.72. The molecule has 0 amide bonds. The summed E-state index contributed by atoms with van der Waals surface area (Å²) < 4.78 is 29.2. The Kier molecular flexibility index (Phi) is 10.8. The van der Waals surface area contributed by atoms with Crippen molar-refractivity contribution in [2.45, 2.75) is 44.7 Å². The molecule has 42 heavy (non-hydrogen) atoms. The van der Waals surface area contributed by atoms with E-state index in [0.717, 1.165) is 17.5 Å². The number of aryl methyl sites for hydroxylation is 1. The van der Waals surface area contributed by atoms with Crippen LogP contribution < -0.4 is 22.5 Å². The van der Waals surface area contributed by atoms with Gasteiger partial charge in [0.15, 0.2) is 5.82 Å². The highest BCUT2D eigenvalue weighted by molar-refractivity contribution is 6.31. The number of H-pyrrole nitrogens is 1. The zero-order valence-corrected chi connectivity index (χ0v) is 24.2. The maximum absolute atomic E-state index is 15.1. The molecule has 0 aliphatic rings. The number of aromatic amines is 1. The fraction of sp³-hybridized carbons (Fsp3) is 0.367. The van der Waals surface area contributed by atoms with Crippen molar-refractivity contribution in [3.8, 4) is 16.9 Å². The van der Waals surface area contributed by atoms with Gasteiger partial charge in [0, 0.05) is 29.7 Å². The average Bonchev–Trinajstić information content (AvgIpc) is 3.38. The van der Waals surface area contributed by atoms with E-state index in [1.165, 1.54) is 4.57 Å². The molecule has 0 radical (unpaired) electrons. The van der Waals surface area contributed by atoms with Gasteiger partial charge in [0.2, 0.25) is 0 Å². The van der Waals surface area contributed by atoms with Crippen LogP contribution in [0.15, 0.2) is 58.4 Å². The number of hydrogen-bond acceptors (Lipinski definition) is 6. The molecule has 4 aromatic rings. The molecule has 0 aliphatic carbocycles. The van der Waals surface area contributed by atoms with Crippen LogP contribution in [0.1, 0.15) is 43.4 Å². The van der Waals surface area contributed by atoms with Crippen LogP contribution in [-0.2, 0) is 6.42 Å². The largest absolute Gasteiger partial charge is 0.394 e. The maximum Gasteiger partial charge on any atom is 0.354 e. The number of aliphatic imine (C=N–C) groups is 1. The van der Waals surface area contributed by atoms with Crippen molar-refractivity contribution in [3.63, 3.8) is 0 Å². The summed E-state index contributed by atoms with van der Waals surface area (Å²) in [6.45, 7) is 2.32. The van der Waals surface area contributed by atoms with Crippen molar-refractivity contribution >= 4 is 28.5 Å². The first-order valence-corrected chi connectivity index (χ1v) is 14.2. The lowest BCUT2D eigenvalue weighted by Crippen LogP contribution is -2.26. The third-order valence-electron chi connectivity index (χ3n) is 6.97. The Balaban J connectivity index is 1.54. The molecule has 0 spiro atoms. The summed E-state index contributed by atoms with van der Waals surface area (Å²) in [5, 5.41) is 13.7. The zero-order valence-electron chi connectivity index (χ0n) is 23.4. The summed E-state index contributed by atoms with van der Waals surface area (Å²) >= 11 is 6.19. The lowest BCUT2D eigenvalue weighted by molar-refractivity contribution is 0.244. The van der Waals surface area contributed by atoms with Gasteiger partial charge in [-0.05, 0) is 80.6 Å². The average molecular weight is 600 g/mol. The zero-order chi connectivity index (χ0) is 30.2. The number of aliphatic hydroxyl groups is 1. The van der Waals surface area contributed by atoms with Gasteiger partial charge in [-0.2, -0.15) is 4.98 Å². The number of benzene rings is 2. The summed E-state index contributed by atoms with van der Waals surface area (Å²) in [5.74, 6) is -0.0508. The lowest BCUT2D eigenvalue weighted by Gasteiger charge is -2.17. The molecule has 7 N–H and O–H groups in total. The molecule has 0 saturated carbocycles. The first kappa shape index (κ1) is 31.3. The van der Waals surface area contributed by atoms with Gasteiger partial charge in [-0.15, -0.1) is 0 Å². The third-order valence-corrected chi connectivity index (χ3v) is 7.24. The highest BCUT2D eigenvalue weighted by atomic mass is 35.5. The molecule has 2 heterocycles. The van der Waals surface area contributed by atoms with E-state index in [0.29, 0.717) is 60.6 Å². The van der Waals surface area contributed by atoms with E-state index in [9.17, 15) is 14.3 Å². The van der Waals surface area contributed by atoms with E-state index in [-0.39, 0.29) is 23.2 Å². The van der Waals surface area contributed by atoms with Gasteiger partial charge in [-0.1, -0.05) is 23.7 Å². The Morgan fingerprint density at radius 3 is 2.69 bits per heavy atom. The minimum Gasteiger partial charge on any atom is -0.394 e. The van der Waals surface area contributed by atoms with Crippen molar-refractivity contribution in [2.24, 2.45) is 16.5 Å². The van der Waals surface area contributed by atoms with Crippen molar-refractivity contribution in [1.29, 1.82) is 0 Å². The molecule has 9 nitrogen and oxygen atoms in total. The van der Waals surface area contributed by atoms with Crippen molar-refractivity contribution in [2.75, 3.05) is 26.4 Å². The van der Waals surface area contributed by atoms with Crippen LogP contribution in [0.5, 0.6) is 0 Å². The van der Waals surface area contributed by atoms with E-state index >= 15 is 4.39 Å². The van der Waals surface area contributed by atoms with Crippen LogP contribution >= 0.6 is 11.6 Å². The number of alkyl halides is 1. The molecule has 0 bridgehead atoms. The van der Waals surface area contributed by atoms with E-state index < -0.39 is 24.2 Å². The highest BCUT2D eigenvalue weighted by Crippen LogP contribution is 2.31. The Labute approximate surface area is 247 Å². The molecule has 12 heteroatoms. The smallest absolute Gasteiger partial charge is 0.354 e. The Morgan fingerprint density at radius 2 is 2.00 bits per heavy atom. The number of aromatic nitrogens is 3. The van der Waals surface area contributed by atoms with Gasteiger partial charge in [0.05, 0.1) is 34.9 Å². The van der Waals surface area contributed by atoms with Crippen molar-refractivity contribution < 1.29 is 13.9 Å². The molecule has 0 saturated heterocycles. The van der Waals surface area contributed by atoms with Crippen LogP contribution in [0.2, 0.25) is 5.02 Å². The predicted octanol–water partition coefficient (Wildman–Crippen LogP) is 4.18. The molecule has 1 unspecified atom stereocenters. The molecule has 0 aliphatic heterocycles. The Bertz CT molecular complexity index is 1580. The van der Waals surface area contributed by atoms with Gasteiger partial charge >= 0.3 is 5.69 Å². The summed E-state index contributed by atoms with van der Waals surface area (Å²) in [6.07, 6.45) is 4.13. The number of hydrogen-bond donors (Lipinski definition) is 5. The summed E-state index contributed by atoms with van der Waals surface area (Å²) in [4.78, 5) is 24.3. The van der Waals surface area contributed by atoms with Crippen LogP contribution in [0.4, 0.5) is 8.78 Å². The topological polar surface area (TPSA) is 147 Å². The molecule has 0 fully saturated rings. The number of nitrogens with one attached hydrogen (secondary N) is 2.